The third-order valence-electron chi connectivity index (χ3n) is 1.51. The van der Waals surface area contributed by atoms with E-state index in [2.05, 4.69) is 4.74 Å². The Balaban J connectivity index is 4.39. The summed E-state index contributed by atoms with van der Waals surface area (Å²) >= 11 is 0. The summed E-state index contributed by atoms with van der Waals surface area (Å²) < 4.78 is 4.58. The van der Waals surface area contributed by atoms with E-state index in [1.54, 1.807) is 6.92 Å². The van der Waals surface area contributed by atoms with Crippen LogP contribution in [0.1, 0.15) is 13.3 Å². The van der Waals surface area contributed by atoms with Crippen LogP contribution in [0.15, 0.2) is 0 Å². The van der Waals surface area contributed by atoms with Crippen molar-refractivity contribution in [1.29, 1.82) is 0 Å². The molecule has 0 aliphatic rings. The highest BCUT2D eigenvalue weighted by Crippen LogP contribution is 2.02. The Hall–Kier alpha value is -1.14. The number of nitrogens with two attached hydrogens (primary N) is 2. The van der Waals surface area contributed by atoms with Crippen LogP contribution in [0.25, 0.3) is 0 Å². The monoisotopic (exact) mass is 190 g/mol. The topological polar surface area (TPSA) is 116 Å². The summed E-state index contributed by atoms with van der Waals surface area (Å²) in [7, 11) is 0. The van der Waals surface area contributed by atoms with Crippen molar-refractivity contribution in [1.82, 2.24) is 0 Å². The van der Waals surface area contributed by atoms with Gasteiger partial charge in [-0.25, -0.2) is 9.59 Å². The zero-order chi connectivity index (χ0) is 10.5. The first-order valence-electron chi connectivity index (χ1n) is 3.88. The molecule has 13 heavy (non-hydrogen) atoms. The van der Waals surface area contributed by atoms with Crippen molar-refractivity contribution in [2.45, 2.75) is 18.9 Å². The van der Waals surface area contributed by atoms with Gasteiger partial charge in [0.1, 0.15) is 0 Å². The van der Waals surface area contributed by atoms with Crippen molar-refractivity contribution < 1.29 is 19.4 Å². The van der Waals surface area contributed by atoms with Crippen LogP contribution in [0.2, 0.25) is 0 Å². The van der Waals surface area contributed by atoms with Gasteiger partial charge in [0.05, 0.1) is 6.61 Å². The molecule has 0 fully saturated rings. The maximum Gasteiger partial charge on any atom is 0.339 e. The predicted molar refractivity (Wildman–Crippen MR) is 44.9 cm³/mol. The summed E-state index contributed by atoms with van der Waals surface area (Å²) in [6.07, 6.45) is 0.603. The fourth-order valence-corrected chi connectivity index (χ4v) is 0.581. The Bertz CT molecular complexity index is 207. The molecular formula is C7H14N2O4. The Morgan fingerprint density at radius 2 is 2.08 bits per heavy atom. The van der Waals surface area contributed by atoms with Gasteiger partial charge < -0.3 is 21.3 Å². The highest BCUT2D eigenvalue weighted by atomic mass is 16.5. The summed E-state index contributed by atoms with van der Waals surface area (Å²) in [5, 5.41) is 8.60. The molecule has 0 saturated heterocycles. The van der Waals surface area contributed by atoms with Crippen LogP contribution < -0.4 is 11.5 Å². The van der Waals surface area contributed by atoms with Gasteiger partial charge in [-0.2, -0.15) is 0 Å². The smallest absolute Gasteiger partial charge is 0.339 e. The molecule has 0 aromatic rings. The molecule has 0 aromatic heterocycles. The number of carboxylic acid groups (broad SMARTS) is 1. The second kappa shape index (κ2) is 4.78. The van der Waals surface area contributed by atoms with Gasteiger partial charge in [0.15, 0.2) is 0 Å². The zero-order valence-electron chi connectivity index (χ0n) is 7.45. The second-order valence-electron chi connectivity index (χ2n) is 2.62. The number of rotatable bonds is 5. The molecule has 6 nitrogen and oxygen atoms in total. The van der Waals surface area contributed by atoms with Gasteiger partial charge in [-0.3, -0.25) is 0 Å². The van der Waals surface area contributed by atoms with Gasteiger partial charge >= 0.3 is 11.9 Å². The largest absolute Gasteiger partial charge is 0.479 e. The average molecular weight is 190 g/mol. The molecule has 5 N–H and O–H groups in total. The number of carboxylic acids is 1. The summed E-state index contributed by atoms with van der Waals surface area (Å²) in [4.78, 5) is 21.6. The van der Waals surface area contributed by atoms with Crippen LogP contribution in [0.5, 0.6) is 0 Å². The van der Waals surface area contributed by atoms with Crippen molar-refractivity contribution in [3.63, 3.8) is 0 Å². The second-order valence-corrected chi connectivity index (χ2v) is 2.62. The molecule has 1 atom stereocenters. The summed E-state index contributed by atoms with van der Waals surface area (Å²) in [5.41, 5.74) is 8.18. The summed E-state index contributed by atoms with van der Waals surface area (Å²) in [6, 6.07) is 0. The first kappa shape index (κ1) is 11.9. The molecule has 0 heterocycles. The van der Waals surface area contributed by atoms with Crippen LogP contribution >= 0.6 is 0 Å². The molecule has 1 unspecified atom stereocenters. The third-order valence-corrected chi connectivity index (χ3v) is 1.51. The summed E-state index contributed by atoms with van der Waals surface area (Å²) in [6.45, 7) is 1.45. The lowest BCUT2D eigenvalue weighted by Crippen LogP contribution is -2.60. The zero-order valence-corrected chi connectivity index (χ0v) is 7.45. The van der Waals surface area contributed by atoms with E-state index in [-0.39, 0.29) is 6.61 Å². The number of esters is 1. The highest BCUT2D eigenvalue weighted by molar-refractivity contribution is 6.04. The van der Waals surface area contributed by atoms with E-state index in [9.17, 15) is 9.59 Å². The average Bonchev–Trinajstić information content (AvgIpc) is 2.12. The minimum absolute atomic E-state index is 0.144. The van der Waals surface area contributed by atoms with Crippen molar-refractivity contribution in [3.8, 4) is 0 Å². The van der Waals surface area contributed by atoms with Gasteiger partial charge in [-0.05, 0) is 6.42 Å². The maximum absolute atomic E-state index is 11.1. The fourth-order valence-electron chi connectivity index (χ4n) is 0.581. The highest BCUT2D eigenvalue weighted by Gasteiger charge is 2.42. The molecule has 0 bridgehead atoms. The van der Waals surface area contributed by atoms with E-state index >= 15 is 0 Å². The van der Waals surface area contributed by atoms with E-state index < -0.39 is 24.0 Å². The summed E-state index contributed by atoms with van der Waals surface area (Å²) in [5.74, 6) is -2.47. The number of ether oxygens (including phenoxy) is 1. The van der Waals surface area contributed by atoms with Crippen LogP contribution in [-0.2, 0) is 14.3 Å². The first-order valence-corrected chi connectivity index (χ1v) is 3.88. The van der Waals surface area contributed by atoms with Crippen molar-refractivity contribution in [3.05, 3.63) is 0 Å². The molecule has 76 valence electrons. The fraction of sp³-hybridized carbons (Fsp3) is 0.714. The molecule has 0 amide bonds. The van der Waals surface area contributed by atoms with Crippen LogP contribution in [0, 0.1) is 0 Å². The van der Waals surface area contributed by atoms with E-state index in [4.69, 9.17) is 16.6 Å². The van der Waals surface area contributed by atoms with Crippen molar-refractivity contribution in [2.24, 2.45) is 11.5 Å². The first-order chi connectivity index (χ1) is 5.99. The van der Waals surface area contributed by atoms with Crippen LogP contribution in [0.4, 0.5) is 0 Å². The minimum Gasteiger partial charge on any atom is -0.479 e. The molecule has 0 aromatic carbocycles. The Morgan fingerprint density at radius 3 is 2.38 bits per heavy atom. The molecule has 0 spiro atoms. The lowest BCUT2D eigenvalue weighted by Gasteiger charge is -2.20. The Labute approximate surface area is 75.8 Å². The van der Waals surface area contributed by atoms with Gasteiger partial charge in [-0.1, -0.05) is 6.92 Å². The number of carbonyl (C=O) groups is 2. The predicted octanol–water partition coefficient (Wildman–Crippen LogP) is -1.32. The SMILES string of the molecule is CCCOC(=O)C(N)(CN)C(=O)O. The van der Waals surface area contributed by atoms with E-state index in [0.29, 0.717) is 6.42 Å². The molecule has 0 aliphatic carbocycles. The van der Waals surface area contributed by atoms with Gasteiger partial charge in [0.2, 0.25) is 5.54 Å². The van der Waals surface area contributed by atoms with E-state index in [1.165, 1.54) is 0 Å². The van der Waals surface area contributed by atoms with Gasteiger partial charge in [-0.15, -0.1) is 0 Å². The molecular weight excluding hydrogens is 176 g/mol. The van der Waals surface area contributed by atoms with E-state index in [0.717, 1.165) is 0 Å². The lowest BCUT2D eigenvalue weighted by molar-refractivity contribution is -0.160. The number of hydrogen-bond donors (Lipinski definition) is 3. The molecule has 6 heteroatoms. The van der Waals surface area contributed by atoms with Crippen molar-refractivity contribution >= 4 is 11.9 Å². The Morgan fingerprint density at radius 1 is 1.54 bits per heavy atom. The quantitative estimate of drug-likeness (QED) is 0.366. The van der Waals surface area contributed by atoms with Crippen molar-refractivity contribution in [2.75, 3.05) is 13.2 Å². The van der Waals surface area contributed by atoms with Crippen LogP contribution in [0.3, 0.4) is 0 Å². The van der Waals surface area contributed by atoms with Crippen LogP contribution in [-0.4, -0.2) is 35.7 Å². The minimum atomic E-state index is -2.12. The Kier molecular flexibility index (Phi) is 4.36. The maximum atomic E-state index is 11.1. The number of hydrogen-bond acceptors (Lipinski definition) is 5. The lowest BCUT2D eigenvalue weighted by atomic mass is 10.0. The molecule has 0 radical (unpaired) electrons. The third kappa shape index (κ3) is 2.67. The molecule has 0 rings (SSSR count). The van der Waals surface area contributed by atoms with E-state index in [1.807, 2.05) is 0 Å². The van der Waals surface area contributed by atoms with Gasteiger partial charge in [0.25, 0.3) is 0 Å². The normalized spacial score (nSPS) is 14.7. The number of aliphatic carboxylic acids is 1. The van der Waals surface area contributed by atoms with Gasteiger partial charge in [0, 0.05) is 6.54 Å². The number of carbonyl (C=O) groups excluding carboxylic acids is 1. The standard InChI is InChI=1S/C7H14N2O4/c1-2-3-13-6(12)7(9,4-8)5(10)11/h2-4,8-9H2,1H3,(H,10,11). The molecule has 0 saturated carbocycles. The molecule has 0 aliphatic heterocycles.